The molecular formula is C22H16F4N4O4. The molecule has 2 heterocycles. The van der Waals surface area contributed by atoms with Crippen molar-refractivity contribution in [3.8, 4) is 0 Å². The molecule has 0 spiro atoms. The van der Waals surface area contributed by atoms with Gasteiger partial charge in [-0.3, -0.25) is 23.9 Å². The minimum absolute atomic E-state index is 0.183. The van der Waals surface area contributed by atoms with Crippen LogP contribution in [-0.2, 0) is 23.3 Å². The van der Waals surface area contributed by atoms with Crippen LogP contribution in [0.5, 0.6) is 0 Å². The van der Waals surface area contributed by atoms with Gasteiger partial charge in [0.2, 0.25) is 0 Å². The second kappa shape index (κ2) is 8.28. The highest BCUT2D eigenvalue weighted by molar-refractivity contribution is 6.09. The summed E-state index contributed by atoms with van der Waals surface area (Å²) in [4.78, 5) is 52.1. The minimum atomic E-state index is -5.52. The number of aromatic nitrogens is 2. The molecule has 0 saturated heterocycles. The van der Waals surface area contributed by atoms with Crippen molar-refractivity contribution < 1.29 is 27.2 Å². The molecule has 1 atom stereocenters. The summed E-state index contributed by atoms with van der Waals surface area (Å²) in [7, 11) is 0. The van der Waals surface area contributed by atoms with Crippen molar-refractivity contribution in [2.24, 2.45) is 0 Å². The lowest BCUT2D eigenvalue weighted by Crippen LogP contribution is -2.62. The largest absolute Gasteiger partial charge is 0.425 e. The summed E-state index contributed by atoms with van der Waals surface area (Å²) in [5.41, 5.74) is -7.63. The molecule has 34 heavy (non-hydrogen) atoms. The zero-order valence-electron chi connectivity index (χ0n) is 17.2. The standard InChI is InChI=1S/C22H16F4N4O4/c23-14-9-5-4-8-13(14)17(31)29-21(22(24,25)26)15-16(27-19(21)33)30(20(34)28-18(15)32)11-10-12-6-2-1-3-7-12/h1-9H,10-11H2,(H,27,33)(H,29,31)(H,28,32,34)/t21-/m1/s1. The van der Waals surface area contributed by atoms with E-state index in [0.717, 1.165) is 22.3 Å². The number of fused-ring (bicyclic) bond motifs is 1. The third kappa shape index (κ3) is 3.66. The van der Waals surface area contributed by atoms with Gasteiger partial charge in [0.1, 0.15) is 17.2 Å². The summed E-state index contributed by atoms with van der Waals surface area (Å²) in [6.45, 7) is -0.183. The molecule has 0 unspecified atom stereocenters. The first-order valence-electron chi connectivity index (χ1n) is 9.93. The Labute approximate surface area is 188 Å². The lowest BCUT2D eigenvalue weighted by molar-refractivity contribution is -0.196. The number of hydrogen-bond donors (Lipinski definition) is 3. The summed E-state index contributed by atoms with van der Waals surface area (Å²) in [5.74, 6) is -5.19. The van der Waals surface area contributed by atoms with Crippen LogP contribution in [0.3, 0.4) is 0 Å². The first kappa shape index (κ1) is 23.0. The van der Waals surface area contributed by atoms with Gasteiger partial charge in [-0.2, -0.15) is 13.2 Å². The van der Waals surface area contributed by atoms with Crippen LogP contribution in [0.4, 0.5) is 23.4 Å². The van der Waals surface area contributed by atoms with E-state index in [4.69, 9.17) is 0 Å². The van der Waals surface area contributed by atoms with E-state index in [1.165, 1.54) is 17.4 Å². The number of aryl methyl sites for hydroxylation is 1. The number of nitrogens with zero attached hydrogens (tertiary/aromatic N) is 1. The molecular weight excluding hydrogens is 460 g/mol. The SMILES string of the molecule is O=C(N[C@@]1(C(F)(F)F)C(=O)Nc2c1c(=O)[nH]c(=O)n2CCc1ccccc1)c1ccccc1F. The van der Waals surface area contributed by atoms with E-state index in [2.05, 4.69) is 0 Å². The Morgan fingerprint density at radius 2 is 1.65 bits per heavy atom. The van der Waals surface area contributed by atoms with Crippen molar-refractivity contribution in [3.63, 3.8) is 0 Å². The molecule has 0 bridgehead atoms. The van der Waals surface area contributed by atoms with Gasteiger partial charge in [0, 0.05) is 6.54 Å². The van der Waals surface area contributed by atoms with Crippen LogP contribution < -0.4 is 21.9 Å². The molecule has 176 valence electrons. The fourth-order valence-corrected chi connectivity index (χ4v) is 3.81. The molecule has 2 amide bonds. The number of H-pyrrole nitrogens is 1. The van der Waals surface area contributed by atoms with Gasteiger partial charge in [-0.15, -0.1) is 0 Å². The zero-order chi connectivity index (χ0) is 24.7. The van der Waals surface area contributed by atoms with E-state index in [1.54, 1.807) is 35.3 Å². The fourth-order valence-electron chi connectivity index (χ4n) is 3.81. The quantitative estimate of drug-likeness (QED) is 0.490. The lowest BCUT2D eigenvalue weighted by Gasteiger charge is -2.30. The van der Waals surface area contributed by atoms with E-state index in [1.807, 2.05) is 5.32 Å². The molecule has 2 aromatic carbocycles. The molecule has 3 N–H and O–H groups in total. The van der Waals surface area contributed by atoms with Crippen LogP contribution >= 0.6 is 0 Å². The molecule has 0 radical (unpaired) electrons. The number of aromatic amines is 1. The summed E-state index contributed by atoms with van der Waals surface area (Å²) >= 11 is 0. The summed E-state index contributed by atoms with van der Waals surface area (Å²) in [6, 6.07) is 12.9. The number of nitrogens with one attached hydrogen (secondary N) is 3. The maximum Gasteiger partial charge on any atom is 0.425 e. The number of carbonyl (C=O) groups is 2. The monoisotopic (exact) mass is 476 g/mol. The normalized spacial score (nSPS) is 17.2. The number of alkyl halides is 3. The first-order valence-corrected chi connectivity index (χ1v) is 9.93. The Balaban J connectivity index is 1.85. The molecule has 0 saturated carbocycles. The van der Waals surface area contributed by atoms with Crippen LogP contribution in [0.25, 0.3) is 0 Å². The zero-order valence-corrected chi connectivity index (χ0v) is 17.2. The topological polar surface area (TPSA) is 113 Å². The van der Waals surface area contributed by atoms with Crippen molar-refractivity contribution >= 4 is 17.6 Å². The van der Waals surface area contributed by atoms with Crippen LogP contribution in [0, 0.1) is 5.82 Å². The van der Waals surface area contributed by atoms with Crippen molar-refractivity contribution in [1.82, 2.24) is 14.9 Å². The average Bonchev–Trinajstić information content (AvgIpc) is 3.07. The van der Waals surface area contributed by atoms with Crippen molar-refractivity contribution in [3.05, 3.63) is 97.9 Å². The van der Waals surface area contributed by atoms with Gasteiger partial charge in [-0.05, 0) is 24.1 Å². The van der Waals surface area contributed by atoms with E-state index in [0.29, 0.717) is 0 Å². The number of benzene rings is 2. The molecule has 8 nitrogen and oxygen atoms in total. The van der Waals surface area contributed by atoms with E-state index < -0.39 is 57.5 Å². The summed E-state index contributed by atoms with van der Waals surface area (Å²) < 4.78 is 57.9. The van der Waals surface area contributed by atoms with Gasteiger partial charge in [0.15, 0.2) is 0 Å². The molecule has 3 aromatic rings. The van der Waals surface area contributed by atoms with Crippen LogP contribution in [-0.4, -0.2) is 27.5 Å². The average molecular weight is 476 g/mol. The molecule has 0 aliphatic carbocycles. The van der Waals surface area contributed by atoms with Gasteiger partial charge in [0.25, 0.3) is 22.9 Å². The van der Waals surface area contributed by atoms with E-state index >= 15 is 0 Å². The maximum atomic E-state index is 14.4. The van der Waals surface area contributed by atoms with E-state index in [-0.39, 0.29) is 13.0 Å². The summed E-state index contributed by atoms with van der Waals surface area (Å²) in [5, 5.41) is 3.43. The minimum Gasteiger partial charge on any atom is -0.326 e. The fraction of sp³-hybridized carbons (Fsp3) is 0.182. The lowest BCUT2D eigenvalue weighted by atomic mass is 9.91. The van der Waals surface area contributed by atoms with Gasteiger partial charge in [-0.1, -0.05) is 42.5 Å². The van der Waals surface area contributed by atoms with Crippen molar-refractivity contribution in [2.45, 2.75) is 24.7 Å². The molecule has 12 heteroatoms. The highest BCUT2D eigenvalue weighted by atomic mass is 19.4. The predicted octanol–water partition coefficient (Wildman–Crippen LogP) is 2.06. The third-order valence-electron chi connectivity index (χ3n) is 5.46. The molecule has 0 fully saturated rings. The number of carbonyl (C=O) groups excluding carboxylic acids is 2. The number of halogens is 4. The van der Waals surface area contributed by atoms with Gasteiger partial charge >= 0.3 is 11.9 Å². The third-order valence-corrected chi connectivity index (χ3v) is 5.46. The molecule has 1 aliphatic rings. The Hall–Kier alpha value is -4.22. The number of amides is 2. The Morgan fingerprint density at radius 1 is 1.00 bits per heavy atom. The Bertz CT molecular complexity index is 1400. The second-order valence-electron chi connectivity index (χ2n) is 7.51. The molecule has 4 rings (SSSR count). The van der Waals surface area contributed by atoms with E-state index in [9.17, 15) is 36.7 Å². The summed E-state index contributed by atoms with van der Waals surface area (Å²) in [6.07, 6.45) is -5.33. The van der Waals surface area contributed by atoms with Gasteiger partial charge in [-0.25, -0.2) is 9.18 Å². The molecule has 1 aliphatic heterocycles. The Kier molecular flexibility index (Phi) is 5.59. The molecule has 1 aromatic heterocycles. The predicted molar refractivity (Wildman–Crippen MR) is 112 cm³/mol. The number of hydrogen-bond acceptors (Lipinski definition) is 4. The Morgan fingerprint density at radius 3 is 2.29 bits per heavy atom. The first-order chi connectivity index (χ1) is 16.1. The van der Waals surface area contributed by atoms with Crippen molar-refractivity contribution in [1.29, 1.82) is 0 Å². The van der Waals surface area contributed by atoms with Gasteiger partial charge in [0.05, 0.1) is 5.56 Å². The number of anilines is 1. The van der Waals surface area contributed by atoms with Crippen LogP contribution in [0.2, 0.25) is 0 Å². The van der Waals surface area contributed by atoms with Crippen LogP contribution in [0.15, 0.2) is 64.2 Å². The smallest absolute Gasteiger partial charge is 0.326 e. The second-order valence-corrected chi connectivity index (χ2v) is 7.51. The maximum absolute atomic E-state index is 14.4. The van der Waals surface area contributed by atoms with Crippen LogP contribution in [0.1, 0.15) is 21.5 Å². The number of rotatable bonds is 5. The van der Waals surface area contributed by atoms with Gasteiger partial charge < -0.3 is 10.6 Å². The van der Waals surface area contributed by atoms with Crippen molar-refractivity contribution in [2.75, 3.05) is 5.32 Å². The highest BCUT2D eigenvalue weighted by Gasteiger charge is 2.68. The highest BCUT2D eigenvalue weighted by Crippen LogP contribution is 2.45.